The lowest BCUT2D eigenvalue weighted by molar-refractivity contribution is -0.345. The van der Waals surface area contributed by atoms with Crippen molar-refractivity contribution in [3.05, 3.63) is 106 Å². The third-order valence-corrected chi connectivity index (χ3v) is 15.2. The van der Waals surface area contributed by atoms with E-state index in [9.17, 15) is 95.5 Å². The zero-order valence-corrected chi connectivity index (χ0v) is 49.7. The highest BCUT2D eigenvalue weighted by Gasteiger charge is 2.53. The number of carboxylic acid groups (broad SMARTS) is 1. The first-order valence-electron chi connectivity index (χ1n) is 28.7. The Hall–Kier alpha value is -8.79. The minimum atomic E-state index is -2.23. The van der Waals surface area contributed by atoms with Gasteiger partial charge in [0, 0.05) is 29.8 Å². The van der Waals surface area contributed by atoms with E-state index in [2.05, 4.69) is 0 Å². The van der Waals surface area contributed by atoms with E-state index >= 15 is 0 Å². The molecule has 95 heavy (non-hydrogen) atoms. The number of carboxylic acids is 1. The monoisotopic (exact) mass is 1340 g/mol. The summed E-state index contributed by atoms with van der Waals surface area (Å²) in [5.41, 5.74) is -0.625. The van der Waals surface area contributed by atoms with Gasteiger partial charge < -0.3 is 143 Å². The fourth-order valence-corrected chi connectivity index (χ4v) is 10.1. The molecule has 4 saturated heterocycles. The molecule has 1 aliphatic carbocycles. The molecule has 0 radical (unpaired) electrons. The van der Waals surface area contributed by atoms with Crippen molar-refractivity contribution in [2.24, 2.45) is 0 Å². The molecule has 0 aromatic heterocycles. The summed E-state index contributed by atoms with van der Waals surface area (Å²) in [5, 5.41) is 159. The molecule has 5 heterocycles. The first-order chi connectivity index (χ1) is 45.2. The lowest BCUT2D eigenvalue weighted by atomic mass is 9.98. The first-order valence-corrected chi connectivity index (χ1v) is 28.7. The number of hydrogen-bond acceptors (Lipinski definition) is 33. The van der Waals surface area contributed by atoms with Crippen molar-refractivity contribution in [2.45, 2.75) is 123 Å². The summed E-state index contributed by atoms with van der Waals surface area (Å²) in [6, 6.07) is 14.5. The number of ether oxygens (including phenoxy) is 13. The van der Waals surface area contributed by atoms with E-state index < -0.39 is 208 Å². The Balaban J connectivity index is 1.03. The van der Waals surface area contributed by atoms with Crippen LogP contribution in [0.5, 0.6) is 46.0 Å². The van der Waals surface area contributed by atoms with Crippen molar-refractivity contribution in [3.63, 3.8) is 0 Å². The van der Waals surface area contributed by atoms with Crippen molar-refractivity contribution < 1.29 is 162 Å². The number of aliphatic hydroxyl groups excluding tert-OH is 11. The van der Waals surface area contributed by atoms with Crippen molar-refractivity contribution in [1.29, 1.82) is 0 Å². The van der Waals surface area contributed by atoms with Gasteiger partial charge in [-0.15, -0.1) is 0 Å². The van der Waals surface area contributed by atoms with E-state index in [1.807, 2.05) is 0 Å². The van der Waals surface area contributed by atoms with Gasteiger partial charge in [0.25, 0.3) is 0 Å². The number of carbonyl (C=O) groups excluding carboxylic acids is 3. The number of rotatable bonds is 23. The molecule has 0 spiro atoms. The number of aliphatic carboxylic acids is 1. The van der Waals surface area contributed by atoms with Crippen LogP contribution in [0, 0.1) is 0 Å². The van der Waals surface area contributed by atoms with Crippen LogP contribution in [-0.4, -0.2) is 258 Å². The normalized spacial score (nSPS) is 30.1. The molecular weight excluding hydrogens is 1280 g/mol. The number of carbonyl (C=O) groups is 4. The Kier molecular flexibility index (Phi) is 22.8. The number of phenolic OH excluding ortho intramolecular Hbond substituents is 3. The highest BCUT2D eigenvalue weighted by molar-refractivity contribution is 5.90. The molecule has 9 rings (SSSR count). The molecule has 0 unspecified atom stereocenters. The van der Waals surface area contributed by atoms with Crippen LogP contribution in [0.2, 0.25) is 0 Å². The second-order valence-corrected chi connectivity index (χ2v) is 21.7. The summed E-state index contributed by atoms with van der Waals surface area (Å²) in [6.07, 6.45) is -32.5. The maximum atomic E-state index is 13.5. The maximum Gasteiger partial charge on any atom is 0.331 e. The summed E-state index contributed by atoms with van der Waals surface area (Å²) in [5.74, 6) is -8.61. The molecular formula is C61H66O34. The van der Waals surface area contributed by atoms with Crippen molar-refractivity contribution in [1.82, 2.24) is 0 Å². The standard InChI is InChI=1S/C61H66O34/c1-82-35-13-25(14-36(83-2)46(35)73)6-12-43(70)94-56-45(72)32(66)21-86-60(56)95-57-52(79)49(76)40(22-84-42(69)11-5-24-3-8-28(9-4-24)87-58-53(80)50(77)47(74)38(20-62)91-58)93-61(57)90-37-18-29-33(88-55(37)26-7-10-30(64)31(65)15-26)16-27(63)17-34(29)89-59-54(81)51(78)48(75)39(92-59)23-85-44(71)19-41(67)68/h3-18,32,38-40,45,47-54,56-62,64-66,72-81H,19-23H2,1-2H3,(H,67,68)/b11-5+,12-6?/t32-,38-,39-,40-,45+,47-,48-,49-,50+,51+,52+,53-,54-,56-,57-,58-,59-,60+,61-/m1/s1. The fourth-order valence-electron chi connectivity index (χ4n) is 10.1. The van der Waals surface area contributed by atoms with Gasteiger partial charge in [0.1, 0.15) is 116 Å². The van der Waals surface area contributed by atoms with Crippen LogP contribution in [0.25, 0.3) is 34.8 Å². The maximum absolute atomic E-state index is 13.5. The molecule has 34 nitrogen and oxygen atoms in total. The van der Waals surface area contributed by atoms with Crippen LogP contribution in [0.3, 0.4) is 0 Å². The summed E-state index contributed by atoms with van der Waals surface area (Å²) < 4.78 is 79.7. The Morgan fingerprint density at radius 3 is 1.79 bits per heavy atom. The molecule has 34 heteroatoms. The quantitative estimate of drug-likeness (QED) is 0.0103. The summed E-state index contributed by atoms with van der Waals surface area (Å²) in [7, 11) is 2.53. The molecule has 0 amide bonds. The average Bonchev–Trinajstić information content (AvgIpc) is 0.766. The second kappa shape index (κ2) is 30.7. The Morgan fingerprint density at radius 1 is 0.558 bits per heavy atom. The van der Waals surface area contributed by atoms with E-state index in [4.69, 9.17) is 71.1 Å². The van der Waals surface area contributed by atoms with Gasteiger partial charge in [-0.05, 0) is 71.8 Å². The number of aliphatic hydroxyl groups is 11. The van der Waals surface area contributed by atoms with Crippen molar-refractivity contribution in [2.75, 3.05) is 40.6 Å². The molecule has 3 aromatic rings. The van der Waals surface area contributed by atoms with E-state index in [-0.39, 0.29) is 45.4 Å². The Bertz CT molecular complexity index is 3560. The molecule has 4 fully saturated rings. The van der Waals surface area contributed by atoms with Crippen LogP contribution >= 0.6 is 0 Å². The zero-order valence-electron chi connectivity index (χ0n) is 49.7. The molecule has 0 bridgehead atoms. The van der Waals surface area contributed by atoms with E-state index in [0.29, 0.717) is 5.56 Å². The van der Waals surface area contributed by atoms with Crippen LogP contribution in [0.4, 0.5) is 0 Å². The van der Waals surface area contributed by atoms with Gasteiger partial charge in [0.15, 0.2) is 58.4 Å². The minimum Gasteiger partial charge on any atom is -0.504 e. The minimum absolute atomic E-state index is 0.0397. The van der Waals surface area contributed by atoms with Crippen LogP contribution in [0.15, 0.2) is 94.2 Å². The van der Waals surface area contributed by atoms with Crippen molar-refractivity contribution >= 4 is 36.0 Å². The smallest absolute Gasteiger partial charge is 0.331 e. The van der Waals surface area contributed by atoms with Gasteiger partial charge in [0.2, 0.25) is 24.6 Å². The van der Waals surface area contributed by atoms with Crippen LogP contribution in [-0.2, 0) is 57.1 Å². The van der Waals surface area contributed by atoms with Crippen LogP contribution in [0.1, 0.15) is 17.5 Å². The summed E-state index contributed by atoms with van der Waals surface area (Å²) in [4.78, 5) is 63.5. The molecule has 19 atom stereocenters. The van der Waals surface area contributed by atoms with E-state index in [1.165, 1.54) is 68.8 Å². The predicted octanol–water partition coefficient (Wildman–Crippen LogP) is -2.90. The highest BCUT2D eigenvalue weighted by atomic mass is 16.8. The van der Waals surface area contributed by atoms with Gasteiger partial charge in [-0.2, -0.15) is 0 Å². The van der Waals surface area contributed by atoms with Gasteiger partial charge >= 0.3 is 23.9 Å². The van der Waals surface area contributed by atoms with Crippen molar-refractivity contribution in [3.8, 4) is 68.6 Å². The number of benzene rings is 4. The lowest BCUT2D eigenvalue weighted by Crippen LogP contribution is -2.64. The Morgan fingerprint density at radius 2 is 1.15 bits per heavy atom. The topological polar surface area (TPSA) is 522 Å². The number of esters is 3. The Labute approximate surface area is 535 Å². The van der Waals surface area contributed by atoms with Gasteiger partial charge in [-0.1, -0.05) is 12.1 Å². The summed E-state index contributed by atoms with van der Waals surface area (Å²) in [6.45, 7) is -3.16. The number of methoxy groups -OCH3 is 2. The van der Waals surface area contributed by atoms with E-state index in [1.54, 1.807) is 0 Å². The molecule has 15 N–H and O–H groups in total. The zero-order chi connectivity index (χ0) is 68.7. The third-order valence-electron chi connectivity index (χ3n) is 15.2. The second-order valence-electron chi connectivity index (χ2n) is 21.7. The summed E-state index contributed by atoms with van der Waals surface area (Å²) >= 11 is 0. The number of fused-ring (bicyclic) bond motifs is 1. The number of hydrogen-bond donors (Lipinski definition) is 15. The SMILES string of the molecule is COc1cc(C=CC(=O)O[C@H]2[C@H](O[C@H]3[C@H](Oc4cc5c(O[C@@H]6O[C@H](COC(=O)CC(=O)O)[C@@H](O)[C@H](O)[C@H]6O)cc(=O)cc-5oc4-c4ccc(O)c(O)c4)O[C@H](COC(=O)/C=C/c4ccc(O[C@@H]5O[C@H](CO)[C@@H](O)[C@H](O)[C@H]5O)cc4)[C@@H](O)[C@@H]3O)OC[C@@H](O)[C@@H]2O)cc(OC)c1O. The van der Waals surface area contributed by atoms with Gasteiger partial charge in [-0.25, -0.2) is 9.59 Å². The fraction of sp³-hybridized carbons (Fsp3) is 0.426. The van der Waals surface area contributed by atoms with E-state index in [0.717, 1.165) is 42.5 Å². The average molecular weight is 1340 g/mol. The largest absolute Gasteiger partial charge is 0.504 e. The number of aromatic hydroxyl groups is 3. The molecule has 514 valence electrons. The molecule has 5 aliphatic heterocycles. The molecule has 6 aliphatic rings. The number of phenols is 3. The molecule has 0 saturated carbocycles. The third kappa shape index (κ3) is 16.5. The lowest BCUT2D eigenvalue weighted by Gasteiger charge is -2.45. The van der Waals surface area contributed by atoms with Crippen LogP contribution < -0.4 is 29.1 Å². The van der Waals surface area contributed by atoms with Gasteiger partial charge in [-0.3, -0.25) is 14.4 Å². The van der Waals surface area contributed by atoms with Gasteiger partial charge in [0.05, 0.1) is 33.0 Å². The highest BCUT2D eigenvalue weighted by Crippen LogP contribution is 2.45. The molecule has 3 aromatic carbocycles. The first kappa shape index (κ1) is 70.5. The predicted molar refractivity (Wildman–Crippen MR) is 310 cm³/mol.